The number of hydrogen-bond acceptors (Lipinski definition) is 3. The minimum Gasteiger partial charge on any atom is -0.481 e. The highest BCUT2D eigenvalue weighted by atomic mass is 32.1. The first-order valence-corrected chi connectivity index (χ1v) is 7.99. The zero-order valence-electron chi connectivity index (χ0n) is 11.8. The van der Waals surface area contributed by atoms with Crippen LogP contribution in [0.5, 0.6) is 0 Å². The minimum atomic E-state index is -0.783. The summed E-state index contributed by atoms with van der Waals surface area (Å²) < 4.78 is 0. The van der Waals surface area contributed by atoms with E-state index in [0.29, 0.717) is 13.0 Å². The van der Waals surface area contributed by atoms with Gasteiger partial charge in [0.1, 0.15) is 0 Å². The van der Waals surface area contributed by atoms with Gasteiger partial charge in [-0.05, 0) is 49.7 Å². The Labute approximate surface area is 123 Å². The van der Waals surface area contributed by atoms with Gasteiger partial charge in [-0.15, -0.1) is 11.3 Å². The molecule has 0 radical (unpaired) electrons. The Balaban J connectivity index is 1.82. The van der Waals surface area contributed by atoms with Gasteiger partial charge in [0.05, 0.1) is 4.88 Å². The number of aryl methyl sites for hydroxylation is 2. The number of carboxylic acid groups (broad SMARTS) is 1. The van der Waals surface area contributed by atoms with Crippen molar-refractivity contribution in [3.8, 4) is 0 Å². The molecule has 1 aromatic rings. The van der Waals surface area contributed by atoms with Crippen molar-refractivity contribution >= 4 is 23.2 Å². The summed E-state index contributed by atoms with van der Waals surface area (Å²) >= 11 is 1.61. The topological polar surface area (TPSA) is 66.4 Å². The number of fused-ring (bicyclic) bond motifs is 1. The average Bonchev–Trinajstić information content (AvgIpc) is 2.86. The minimum absolute atomic E-state index is 0.0217. The van der Waals surface area contributed by atoms with Crippen molar-refractivity contribution in [3.05, 3.63) is 21.4 Å². The van der Waals surface area contributed by atoms with Crippen LogP contribution in [0.2, 0.25) is 0 Å². The van der Waals surface area contributed by atoms with Crippen molar-refractivity contribution in [2.45, 2.75) is 45.4 Å². The van der Waals surface area contributed by atoms with Gasteiger partial charge >= 0.3 is 5.97 Å². The smallest absolute Gasteiger partial charge is 0.303 e. The molecule has 2 N–H and O–H groups in total. The van der Waals surface area contributed by atoms with Gasteiger partial charge < -0.3 is 10.4 Å². The highest BCUT2D eigenvalue weighted by Crippen LogP contribution is 2.29. The predicted molar refractivity (Wildman–Crippen MR) is 79.3 cm³/mol. The fraction of sp³-hybridized carbons (Fsp3) is 0.600. The van der Waals surface area contributed by atoms with Crippen molar-refractivity contribution < 1.29 is 14.7 Å². The maximum atomic E-state index is 12.1. The number of carbonyl (C=O) groups excluding carboxylic acids is 1. The van der Waals surface area contributed by atoms with E-state index in [0.717, 1.165) is 17.7 Å². The molecule has 1 atom stereocenters. The Morgan fingerprint density at radius 3 is 2.85 bits per heavy atom. The molecular formula is C15H21NO3S. The third-order valence-corrected chi connectivity index (χ3v) is 4.92. The molecule has 0 spiro atoms. The summed E-state index contributed by atoms with van der Waals surface area (Å²) in [4.78, 5) is 24.7. The lowest BCUT2D eigenvalue weighted by atomic mass is 9.99. The fourth-order valence-corrected chi connectivity index (χ4v) is 3.60. The van der Waals surface area contributed by atoms with Crippen LogP contribution in [0.1, 0.15) is 52.7 Å². The highest BCUT2D eigenvalue weighted by molar-refractivity contribution is 7.14. The number of aliphatic carboxylic acids is 1. The first-order valence-electron chi connectivity index (χ1n) is 7.18. The molecule has 0 saturated carbocycles. The monoisotopic (exact) mass is 295 g/mol. The van der Waals surface area contributed by atoms with Crippen LogP contribution in [0.3, 0.4) is 0 Å². The summed E-state index contributed by atoms with van der Waals surface area (Å²) in [6.45, 7) is 2.50. The van der Waals surface area contributed by atoms with Crippen molar-refractivity contribution in [3.63, 3.8) is 0 Å². The summed E-state index contributed by atoms with van der Waals surface area (Å²) in [7, 11) is 0. The Kier molecular flexibility index (Phi) is 5.17. The number of carboxylic acids is 1. The SMILES string of the molecule is CC(CCC(=O)O)CNC(=O)c1cc2c(s1)CCCC2. The molecule has 0 aliphatic heterocycles. The second kappa shape index (κ2) is 6.88. The lowest BCUT2D eigenvalue weighted by Crippen LogP contribution is -2.27. The Hall–Kier alpha value is -1.36. The Bertz CT molecular complexity index is 472. The van der Waals surface area contributed by atoms with E-state index in [1.165, 1.54) is 23.3 Å². The number of carbonyl (C=O) groups is 2. The van der Waals surface area contributed by atoms with Gasteiger partial charge in [0, 0.05) is 17.8 Å². The molecule has 4 nitrogen and oxygen atoms in total. The van der Waals surface area contributed by atoms with Crippen LogP contribution in [0.25, 0.3) is 0 Å². The van der Waals surface area contributed by atoms with Gasteiger partial charge in [-0.25, -0.2) is 0 Å². The van der Waals surface area contributed by atoms with Crippen LogP contribution in [0.4, 0.5) is 0 Å². The fourth-order valence-electron chi connectivity index (χ4n) is 2.43. The average molecular weight is 295 g/mol. The lowest BCUT2D eigenvalue weighted by molar-refractivity contribution is -0.137. The van der Waals surface area contributed by atoms with Gasteiger partial charge in [0.15, 0.2) is 0 Å². The third-order valence-electron chi connectivity index (χ3n) is 3.68. The highest BCUT2D eigenvalue weighted by Gasteiger charge is 2.17. The standard InChI is InChI=1S/C15H21NO3S/c1-10(6-7-14(17)18)9-16-15(19)13-8-11-4-2-3-5-12(11)20-13/h8,10H,2-7,9H2,1H3,(H,16,19)(H,17,18). The number of nitrogens with one attached hydrogen (secondary N) is 1. The van der Waals surface area contributed by atoms with Gasteiger partial charge in [-0.3, -0.25) is 9.59 Å². The molecule has 20 heavy (non-hydrogen) atoms. The van der Waals surface area contributed by atoms with E-state index < -0.39 is 5.97 Å². The van der Waals surface area contributed by atoms with Gasteiger partial charge in [-0.2, -0.15) is 0 Å². The van der Waals surface area contributed by atoms with Crippen LogP contribution in [0, 0.1) is 5.92 Å². The van der Waals surface area contributed by atoms with Crippen LogP contribution in [-0.2, 0) is 17.6 Å². The van der Waals surface area contributed by atoms with E-state index in [9.17, 15) is 9.59 Å². The molecule has 1 aliphatic carbocycles. The van der Waals surface area contributed by atoms with Gasteiger partial charge in [0.25, 0.3) is 5.91 Å². The molecular weight excluding hydrogens is 274 g/mol. The third kappa shape index (κ3) is 4.07. The molecule has 5 heteroatoms. The normalized spacial score (nSPS) is 15.4. The molecule has 1 unspecified atom stereocenters. The number of amides is 1. The van der Waals surface area contributed by atoms with E-state index in [4.69, 9.17) is 5.11 Å². The molecule has 0 aromatic carbocycles. The molecule has 0 fully saturated rings. The second-order valence-electron chi connectivity index (χ2n) is 5.51. The van der Waals surface area contributed by atoms with Crippen molar-refractivity contribution in [2.75, 3.05) is 6.54 Å². The Morgan fingerprint density at radius 2 is 2.15 bits per heavy atom. The van der Waals surface area contributed by atoms with E-state index in [-0.39, 0.29) is 18.2 Å². The van der Waals surface area contributed by atoms with E-state index >= 15 is 0 Å². The van der Waals surface area contributed by atoms with Crippen LogP contribution >= 0.6 is 11.3 Å². The van der Waals surface area contributed by atoms with E-state index in [2.05, 4.69) is 5.32 Å². The molecule has 0 saturated heterocycles. The molecule has 1 heterocycles. The summed E-state index contributed by atoms with van der Waals surface area (Å²) in [6.07, 6.45) is 5.38. The first-order chi connectivity index (χ1) is 9.56. The van der Waals surface area contributed by atoms with Crippen LogP contribution < -0.4 is 5.32 Å². The Morgan fingerprint density at radius 1 is 1.40 bits per heavy atom. The molecule has 1 amide bonds. The number of hydrogen-bond donors (Lipinski definition) is 2. The van der Waals surface area contributed by atoms with Crippen molar-refractivity contribution in [2.24, 2.45) is 5.92 Å². The zero-order chi connectivity index (χ0) is 14.5. The molecule has 1 aliphatic rings. The summed E-state index contributed by atoms with van der Waals surface area (Å²) in [5, 5.41) is 11.5. The maximum absolute atomic E-state index is 12.1. The maximum Gasteiger partial charge on any atom is 0.303 e. The summed E-state index contributed by atoms with van der Waals surface area (Å²) in [5.41, 5.74) is 1.34. The molecule has 2 rings (SSSR count). The van der Waals surface area contributed by atoms with Crippen LogP contribution in [0.15, 0.2) is 6.07 Å². The molecule has 110 valence electrons. The predicted octanol–water partition coefficient (Wildman–Crippen LogP) is 2.86. The largest absolute Gasteiger partial charge is 0.481 e. The number of thiophene rings is 1. The van der Waals surface area contributed by atoms with Gasteiger partial charge in [-0.1, -0.05) is 6.92 Å². The quantitative estimate of drug-likeness (QED) is 0.848. The van der Waals surface area contributed by atoms with E-state index in [1.54, 1.807) is 11.3 Å². The molecule has 0 bridgehead atoms. The lowest BCUT2D eigenvalue weighted by Gasteiger charge is -2.10. The zero-order valence-corrected chi connectivity index (χ0v) is 12.6. The van der Waals surface area contributed by atoms with Gasteiger partial charge in [0.2, 0.25) is 0 Å². The van der Waals surface area contributed by atoms with Crippen LogP contribution in [-0.4, -0.2) is 23.5 Å². The summed E-state index contributed by atoms with van der Waals surface area (Å²) in [6, 6.07) is 2.02. The first kappa shape index (κ1) is 15.0. The second-order valence-corrected chi connectivity index (χ2v) is 6.65. The number of rotatable bonds is 6. The van der Waals surface area contributed by atoms with Crippen molar-refractivity contribution in [1.82, 2.24) is 5.32 Å². The summed E-state index contributed by atoms with van der Waals surface area (Å²) in [5.74, 6) is -0.620. The van der Waals surface area contributed by atoms with E-state index in [1.807, 2.05) is 13.0 Å². The van der Waals surface area contributed by atoms with Crippen molar-refractivity contribution in [1.29, 1.82) is 0 Å². The molecule has 1 aromatic heterocycles.